The van der Waals surface area contributed by atoms with E-state index in [1.807, 2.05) is 29.8 Å². The Labute approximate surface area is 199 Å². The van der Waals surface area contributed by atoms with Crippen LogP contribution in [0.1, 0.15) is 36.6 Å². The summed E-state index contributed by atoms with van der Waals surface area (Å²) in [6, 6.07) is 10.1. The summed E-state index contributed by atoms with van der Waals surface area (Å²) in [5.41, 5.74) is 8.70. The van der Waals surface area contributed by atoms with Gasteiger partial charge in [0.05, 0.1) is 27.3 Å². The molecule has 6 rings (SSSR count). The highest BCUT2D eigenvalue weighted by Crippen LogP contribution is 2.55. The fourth-order valence-corrected chi connectivity index (χ4v) is 6.54. The molecule has 0 radical (unpaired) electrons. The van der Waals surface area contributed by atoms with Crippen molar-refractivity contribution < 1.29 is 10.2 Å². The molecule has 2 fully saturated rings. The van der Waals surface area contributed by atoms with Gasteiger partial charge in [-0.2, -0.15) is 0 Å². The van der Waals surface area contributed by atoms with Crippen LogP contribution in [0.2, 0.25) is 0 Å². The van der Waals surface area contributed by atoms with Crippen molar-refractivity contribution in [2.24, 2.45) is 11.8 Å². The number of nitrogen functional groups attached to an aromatic ring is 1. The number of aryl methyl sites for hydroxylation is 1. The van der Waals surface area contributed by atoms with Gasteiger partial charge in [0.1, 0.15) is 23.9 Å². The van der Waals surface area contributed by atoms with Gasteiger partial charge in [0.15, 0.2) is 0 Å². The minimum absolute atomic E-state index is 0.0246. The first-order valence-electron chi connectivity index (χ1n) is 11.4. The molecule has 1 aromatic carbocycles. The van der Waals surface area contributed by atoms with Crippen LogP contribution in [-0.4, -0.2) is 41.4 Å². The van der Waals surface area contributed by atoms with E-state index >= 15 is 0 Å². The molecule has 3 aromatic heterocycles. The molecule has 5 atom stereocenters. The second-order valence-corrected chi connectivity index (χ2v) is 10.5. The van der Waals surface area contributed by atoms with Gasteiger partial charge in [0.2, 0.25) is 0 Å². The zero-order valence-electron chi connectivity index (χ0n) is 18.3. The molecule has 2 aliphatic rings. The lowest BCUT2D eigenvalue weighted by Crippen LogP contribution is -2.42. The van der Waals surface area contributed by atoms with Gasteiger partial charge in [-0.05, 0) is 84.1 Å². The van der Waals surface area contributed by atoms with Crippen molar-refractivity contribution in [3.8, 4) is 0 Å². The number of nitrogens with zero attached hydrogens (tertiary/aromatic N) is 4. The average molecular weight is 508 g/mol. The quantitative estimate of drug-likeness (QED) is 0.387. The number of pyridine rings is 1. The number of aromatic nitrogens is 4. The van der Waals surface area contributed by atoms with Gasteiger partial charge in [-0.3, -0.25) is 0 Å². The van der Waals surface area contributed by atoms with E-state index < -0.39 is 11.7 Å². The molecule has 4 aromatic rings. The predicted molar refractivity (Wildman–Crippen MR) is 131 cm³/mol. The molecule has 33 heavy (non-hydrogen) atoms. The fraction of sp³-hybridized carbons (Fsp3) is 0.400. The van der Waals surface area contributed by atoms with Crippen LogP contribution in [0, 0.1) is 18.8 Å². The zero-order valence-corrected chi connectivity index (χ0v) is 19.9. The van der Waals surface area contributed by atoms with Crippen LogP contribution in [0.4, 0.5) is 5.82 Å². The third-order valence-corrected chi connectivity index (χ3v) is 8.56. The molecule has 7 nitrogen and oxygen atoms in total. The molecule has 4 N–H and O–H groups in total. The summed E-state index contributed by atoms with van der Waals surface area (Å²) < 4.78 is 2.83. The molecule has 8 heteroatoms. The van der Waals surface area contributed by atoms with Crippen LogP contribution < -0.4 is 5.73 Å². The summed E-state index contributed by atoms with van der Waals surface area (Å²) in [6.07, 6.45) is 5.78. The monoisotopic (exact) mass is 507 g/mol. The number of hydrogen-bond donors (Lipinski definition) is 3. The average Bonchev–Trinajstić information content (AvgIpc) is 3.42. The summed E-state index contributed by atoms with van der Waals surface area (Å²) in [4.78, 5) is 13.3. The smallest absolute Gasteiger partial charge is 0.143 e. The second kappa shape index (κ2) is 7.48. The maximum Gasteiger partial charge on any atom is 0.143 e. The van der Waals surface area contributed by atoms with Crippen molar-refractivity contribution in [3.05, 3.63) is 58.6 Å². The minimum Gasteiger partial charge on any atom is -0.388 e. The highest BCUT2D eigenvalue weighted by atomic mass is 79.9. The van der Waals surface area contributed by atoms with Crippen LogP contribution in [0.15, 0.2) is 47.3 Å². The Morgan fingerprint density at radius 2 is 2.09 bits per heavy atom. The van der Waals surface area contributed by atoms with E-state index in [1.165, 1.54) is 5.56 Å². The van der Waals surface area contributed by atoms with Crippen LogP contribution in [0.5, 0.6) is 0 Å². The summed E-state index contributed by atoms with van der Waals surface area (Å²) in [5.74, 6) is 0.796. The van der Waals surface area contributed by atoms with Crippen molar-refractivity contribution in [3.63, 3.8) is 0 Å². The first-order chi connectivity index (χ1) is 15.8. The third kappa shape index (κ3) is 3.19. The van der Waals surface area contributed by atoms with Crippen molar-refractivity contribution in [2.75, 3.05) is 5.73 Å². The van der Waals surface area contributed by atoms with E-state index in [9.17, 15) is 10.2 Å². The molecule has 0 aliphatic heterocycles. The number of halogens is 1. The van der Waals surface area contributed by atoms with Gasteiger partial charge < -0.3 is 20.5 Å². The molecular formula is C25H26BrN5O2. The number of aliphatic hydroxyl groups excluding tert-OH is 1. The van der Waals surface area contributed by atoms with Crippen molar-refractivity contribution >= 4 is 43.7 Å². The number of anilines is 1. The van der Waals surface area contributed by atoms with Gasteiger partial charge in [-0.15, -0.1) is 0 Å². The van der Waals surface area contributed by atoms with Gasteiger partial charge in [-0.1, -0.05) is 12.1 Å². The highest BCUT2D eigenvalue weighted by molar-refractivity contribution is 9.10. The topological polar surface area (TPSA) is 110 Å². The van der Waals surface area contributed by atoms with Crippen LogP contribution >= 0.6 is 15.9 Å². The lowest BCUT2D eigenvalue weighted by molar-refractivity contribution is -0.0799. The molecule has 0 bridgehead atoms. The summed E-state index contributed by atoms with van der Waals surface area (Å²) >= 11 is 3.44. The number of rotatable bonds is 3. The Bertz CT molecular complexity index is 1390. The van der Waals surface area contributed by atoms with Crippen LogP contribution in [-0.2, 0) is 6.42 Å². The van der Waals surface area contributed by atoms with E-state index in [-0.39, 0.29) is 17.9 Å². The molecule has 3 heterocycles. The Hall–Kier alpha value is -2.55. The van der Waals surface area contributed by atoms with Gasteiger partial charge in [0, 0.05) is 17.0 Å². The van der Waals surface area contributed by atoms with Crippen molar-refractivity contribution in [1.82, 2.24) is 19.5 Å². The first-order valence-corrected chi connectivity index (χ1v) is 12.2. The van der Waals surface area contributed by atoms with E-state index in [4.69, 9.17) is 5.73 Å². The normalized spacial score (nSPS) is 29.2. The van der Waals surface area contributed by atoms with E-state index in [1.54, 1.807) is 6.33 Å². The lowest BCUT2D eigenvalue weighted by atomic mass is 9.84. The number of aliphatic hydroxyl groups is 2. The Balaban J connectivity index is 1.29. The molecule has 0 unspecified atom stereocenters. The largest absolute Gasteiger partial charge is 0.388 e. The fourth-order valence-electron chi connectivity index (χ4n) is 6.20. The second-order valence-electron chi connectivity index (χ2n) is 9.65. The van der Waals surface area contributed by atoms with E-state index in [0.717, 1.165) is 51.4 Å². The molecule has 2 aliphatic carbocycles. The Morgan fingerprint density at radius 1 is 1.24 bits per heavy atom. The number of fused-ring (bicyclic) bond motifs is 3. The predicted octanol–water partition coefficient (Wildman–Crippen LogP) is 3.94. The molecule has 170 valence electrons. The number of hydrogen-bond acceptors (Lipinski definition) is 6. The van der Waals surface area contributed by atoms with Gasteiger partial charge in [-0.25, -0.2) is 15.0 Å². The number of benzene rings is 1. The molecule has 0 amide bonds. The highest BCUT2D eigenvalue weighted by Gasteiger charge is 2.59. The lowest BCUT2D eigenvalue weighted by Gasteiger charge is -2.29. The van der Waals surface area contributed by atoms with Crippen molar-refractivity contribution in [1.29, 1.82) is 0 Å². The summed E-state index contributed by atoms with van der Waals surface area (Å²) in [6.45, 7) is 1.96. The van der Waals surface area contributed by atoms with Crippen molar-refractivity contribution in [2.45, 2.75) is 50.4 Å². The van der Waals surface area contributed by atoms with Crippen LogP contribution in [0.25, 0.3) is 21.9 Å². The SMILES string of the molecule is Cc1ncnc2c1ccn2[C@@H]1C[C@@H]2[C@H](Cc3ccc4cc(Br)c(N)nc4c3)CC[C@]2(O)[C@H]1O. The number of nitrogens with two attached hydrogens (primary N) is 1. The molecular weight excluding hydrogens is 482 g/mol. The Morgan fingerprint density at radius 3 is 2.94 bits per heavy atom. The summed E-state index contributed by atoms with van der Waals surface area (Å²) in [5, 5.41) is 24.8. The zero-order chi connectivity index (χ0) is 22.9. The van der Waals surface area contributed by atoms with Crippen LogP contribution in [0.3, 0.4) is 0 Å². The first kappa shape index (κ1) is 21.0. The molecule has 2 saturated carbocycles. The van der Waals surface area contributed by atoms with Gasteiger partial charge in [0.25, 0.3) is 0 Å². The van der Waals surface area contributed by atoms with Gasteiger partial charge >= 0.3 is 0 Å². The summed E-state index contributed by atoms with van der Waals surface area (Å²) in [7, 11) is 0. The molecule has 0 saturated heterocycles. The standard InChI is InChI=1S/C25H26BrN5O2/c1-13-17-5-7-31(24(17)29-12-28-13)21-11-18-15(4-6-25(18,33)22(21)32)8-14-2-3-16-10-19(26)23(27)30-20(16)9-14/h2-3,5,7,9-10,12,15,18,21-22,32-33H,4,6,8,11H2,1H3,(H2,27,30)/t15-,18+,21+,22-,25+/m0/s1. The Kier molecular flexibility index (Phi) is 4.76. The maximum atomic E-state index is 11.6. The molecule has 0 spiro atoms. The maximum absolute atomic E-state index is 11.6. The third-order valence-electron chi connectivity index (χ3n) is 7.93. The van der Waals surface area contributed by atoms with E-state index in [2.05, 4.69) is 49.1 Å². The minimum atomic E-state index is -1.07. The van der Waals surface area contributed by atoms with E-state index in [0.29, 0.717) is 12.2 Å².